The van der Waals surface area contributed by atoms with Crippen molar-refractivity contribution in [1.82, 2.24) is 34.5 Å². The minimum atomic E-state index is -1.02. The first-order valence-corrected chi connectivity index (χ1v) is 22.4. The molecule has 2 saturated heterocycles. The zero-order valence-corrected chi connectivity index (χ0v) is 36.8. The Bertz CT molecular complexity index is 3050. The van der Waals surface area contributed by atoms with E-state index in [0.29, 0.717) is 81.8 Å². The quantitative estimate of drug-likeness (QED) is 0.0950. The van der Waals surface area contributed by atoms with Gasteiger partial charge in [-0.25, -0.2) is 19.3 Å². The number of rotatable bonds is 11. The smallest absolute Gasteiger partial charge is 0.278 e. The number of allylic oxidation sites excluding steroid dienone is 1. The highest BCUT2D eigenvalue weighted by atomic mass is 35.5. The standard InChI is InChI=1S/C48H46ClN11O6/c1-3-20-59-46(65)33-26-50-47(55-42(33)60(59)39-16-9-28-18-19-48(66,4-2)41(28)53-39)51-30-10-12-31(13-11-30)56-21-23-57(24-22-56)37-14-8-29(25-35(37)49)43(62)52-36-7-5-6-32-34(36)27-58(45(32)64)38-15-17-40(61)54-44(38)63/h3,5-14,16,25-26,38,66H,1,4,15,17-24,27H2,2H3,(H,52,62)(H,50,51,55)(H,54,61,63)/t38?,48-/m1/s1. The van der Waals surface area contributed by atoms with E-state index < -0.39 is 17.6 Å². The van der Waals surface area contributed by atoms with Crippen LogP contribution in [0.1, 0.15) is 70.1 Å². The summed E-state index contributed by atoms with van der Waals surface area (Å²) in [5.74, 6) is -0.781. The number of nitrogens with zero attached hydrogens (tertiary/aromatic N) is 8. The molecule has 0 bridgehead atoms. The lowest BCUT2D eigenvalue weighted by molar-refractivity contribution is -0.136. The number of pyridine rings is 1. The lowest BCUT2D eigenvalue weighted by atomic mass is 9.98. The van der Waals surface area contributed by atoms with Crippen LogP contribution in [0.5, 0.6) is 0 Å². The number of anilines is 5. The van der Waals surface area contributed by atoms with Crippen molar-refractivity contribution in [2.45, 2.75) is 63.8 Å². The fourth-order valence-corrected chi connectivity index (χ4v) is 9.81. The Morgan fingerprint density at radius 2 is 1.77 bits per heavy atom. The molecule has 10 rings (SSSR count). The molecule has 0 saturated carbocycles. The molecule has 0 spiro atoms. The molecule has 4 amide bonds. The molecule has 6 aromatic rings. The van der Waals surface area contributed by atoms with Crippen LogP contribution in [0, 0.1) is 0 Å². The number of aromatic nitrogens is 5. The number of carbonyl (C=O) groups excluding carboxylic acids is 4. The lowest BCUT2D eigenvalue weighted by Crippen LogP contribution is -2.52. The lowest BCUT2D eigenvalue weighted by Gasteiger charge is -2.37. The van der Waals surface area contributed by atoms with Crippen LogP contribution in [0.15, 0.2) is 96.4 Å². The van der Waals surface area contributed by atoms with E-state index in [4.69, 9.17) is 21.6 Å². The molecule has 336 valence electrons. The third-order valence-corrected chi connectivity index (χ3v) is 13.4. The third-order valence-electron chi connectivity index (χ3n) is 13.1. The van der Waals surface area contributed by atoms with Crippen molar-refractivity contribution in [3.63, 3.8) is 0 Å². The molecule has 1 unspecified atom stereocenters. The molecule has 2 atom stereocenters. The summed E-state index contributed by atoms with van der Waals surface area (Å²) in [4.78, 5) is 84.7. The molecule has 4 aliphatic rings. The Morgan fingerprint density at radius 3 is 2.52 bits per heavy atom. The van der Waals surface area contributed by atoms with Crippen molar-refractivity contribution in [2.24, 2.45) is 0 Å². The van der Waals surface area contributed by atoms with Crippen LogP contribution >= 0.6 is 11.6 Å². The van der Waals surface area contributed by atoms with Crippen molar-refractivity contribution in [2.75, 3.05) is 46.6 Å². The highest BCUT2D eigenvalue weighted by Gasteiger charge is 2.40. The fraction of sp³-hybridized carbons (Fsp3) is 0.292. The average Bonchev–Trinajstić information content (AvgIpc) is 3.94. The van der Waals surface area contributed by atoms with E-state index in [-0.39, 0.29) is 49.2 Å². The van der Waals surface area contributed by atoms with Gasteiger partial charge in [0.15, 0.2) is 11.5 Å². The van der Waals surface area contributed by atoms with Crippen molar-refractivity contribution >= 4 is 75.0 Å². The number of carbonyl (C=O) groups is 4. The van der Waals surface area contributed by atoms with Crippen LogP contribution in [0.4, 0.5) is 28.7 Å². The molecule has 3 aliphatic heterocycles. The molecular weight excluding hydrogens is 862 g/mol. The second kappa shape index (κ2) is 16.9. The van der Waals surface area contributed by atoms with Crippen molar-refractivity contribution in [3.8, 4) is 5.82 Å². The normalized spacial score (nSPS) is 19.2. The molecule has 2 fully saturated rings. The Kier molecular flexibility index (Phi) is 10.9. The minimum absolute atomic E-state index is 0.134. The van der Waals surface area contributed by atoms with Crippen molar-refractivity contribution in [1.29, 1.82) is 0 Å². The maximum Gasteiger partial charge on any atom is 0.278 e. The van der Waals surface area contributed by atoms with Crippen LogP contribution in [0.2, 0.25) is 5.02 Å². The van der Waals surface area contributed by atoms with Crippen molar-refractivity contribution < 1.29 is 24.3 Å². The highest BCUT2D eigenvalue weighted by molar-refractivity contribution is 6.33. The maximum atomic E-state index is 13.6. The second-order valence-corrected chi connectivity index (χ2v) is 17.4. The second-order valence-electron chi connectivity index (χ2n) is 17.0. The summed E-state index contributed by atoms with van der Waals surface area (Å²) in [6.45, 7) is 8.99. The van der Waals surface area contributed by atoms with Gasteiger partial charge in [-0.1, -0.05) is 36.7 Å². The van der Waals surface area contributed by atoms with E-state index in [2.05, 4.69) is 37.3 Å². The molecule has 6 heterocycles. The van der Waals surface area contributed by atoms with Gasteiger partial charge >= 0.3 is 0 Å². The molecule has 0 radical (unpaired) electrons. The zero-order valence-electron chi connectivity index (χ0n) is 36.1. The van der Waals surface area contributed by atoms with Gasteiger partial charge in [-0.3, -0.25) is 29.3 Å². The molecule has 18 heteroatoms. The van der Waals surface area contributed by atoms with E-state index in [9.17, 15) is 29.1 Å². The van der Waals surface area contributed by atoms with Gasteiger partial charge < -0.3 is 30.4 Å². The number of piperidine rings is 1. The summed E-state index contributed by atoms with van der Waals surface area (Å²) in [5, 5.41) is 20.6. The minimum Gasteiger partial charge on any atom is -0.384 e. The maximum absolute atomic E-state index is 13.6. The molecule has 1 aliphatic carbocycles. The molecular formula is C48H46ClN11O6. The summed E-state index contributed by atoms with van der Waals surface area (Å²) in [6, 6.07) is 21.3. The van der Waals surface area contributed by atoms with E-state index >= 15 is 0 Å². The number of hydrogen-bond acceptors (Lipinski definition) is 12. The van der Waals surface area contributed by atoms with Gasteiger partial charge in [0, 0.05) is 79.1 Å². The summed E-state index contributed by atoms with van der Waals surface area (Å²) in [5.41, 5.74) is 5.17. The Labute approximate surface area is 383 Å². The monoisotopic (exact) mass is 907 g/mol. The van der Waals surface area contributed by atoms with Crippen LogP contribution in [-0.4, -0.2) is 90.2 Å². The summed E-state index contributed by atoms with van der Waals surface area (Å²) in [6.07, 6.45) is 5.43. The molecule has 66 heavy (non-hydrogen) atoms. The number of fused-ring (bicyclic) bond motifs is 3. The van der Waals surface area contributed by atoms with E-state index in [1.54, 1.807) is 41.1 Å². The van der Waals surface area contributed by atoms with Gasteiger partial charge in [-0.2, -0.15) is 4.98 Å². The third kappa shape index (κ3) is 7.52. The molecule has 3 aromatic heterocycles. The SMILES string of the molecule is C=CCn1c(=O)c2cnc(Nc3ccc(N4CCN(c5ccc(C(=O)Nc6cccc7c6CN(C6CCC(=O)NC6=O)C7=O)cc5Cl)CC4)cc3)nc2n1-c1ccc2c(n1)[C@@](O)(CC)CC2. The number of amides is 4. The van der Waals surface area contributed by atoms with Crippen LogP contribution < -0.4 is 31.3 Å². The molecule has 4 N–H and O–H groups in total. The van der Waals surface area contributed by atoms with Gasteiger partial charge in [0.25, 0.3) is 17.4 Å². The van der Waals surface area contributed by atoms with Gasteiger partial charge in [0.1, 0.15) is 17.0 Å². The van der Waals surface area contributed by atoms with Crippen LogP contribution in [-0.2, 0) is 34.7 Å². The van der Waals surface area contributed by atoms with Gasteiger partial charge in [-0.05, 0) is 91.9 Å². The number of aryl methyl sites for hydroxylation is 1. The Hall–Kier alpha value is -7.37. The predicted molar refractivity (Wildman–Crippen MR) is 250 cm³/mol. The first kappa shape index (κ1) is 42.6. The van der Waals surface area contributed by atoms with E-state index in [0.717, 1.165) is 42.1 Å². The Balaban J connectivity index is 0.783. The largest absolute Gasteiger partial charge is 0.384 e. The number of imide groups is 1. The molecule has 17 nitrogen and oxygen atoms in total. The highest BCUT2D eigenvalue weighted by Crippen LogP contribution is 2.39. The first-order chi connectivity index (χ1) is 31.9. The number of benzene rings is 3. The first-order valence-electron chi connectivity index (χ1n) is 22.0. The van der Waals surface area contributed by atoms with Crippen LogP contribution in [0.25, 0.3) is 16.9 Å². The summed E-state index contributed by atoms with van der Waals surface area (Å²) >= 11 is 6.82. The topological polar surface area (TPSA) is 200 Å². The van der Waals surface area contributed by atoms with Crippen molar-refractivity contribution in [3.05, 3.63) is 135 Å². The number of nitrogens with one attached hydrogen (secondary N) is 3. The van der Waals surface area contributed by atoms with Crippen LogP contribution in [0.3, 0.4) is 0 Å². The number of piperazine rings is 1. The van der Waals surface area contributed by atoms with Gasteiger partial charge in [-0.15, -0.1) is 6.58 Å². The number of aliphatic hydroxyl groups is 1. The average molecular weight is 908 g/mol. The Morgan fingerprint density at radius 1 is 0.985 bits per heavy atom. The number of hydrogen-bond donors (Lipinski definition) is 4. The summed E-state index contributed by atoms with van der Waals surface area (Å²) < 4.78 is 3.19. The zero-order chi connectivity index (χ0) is 45.9. The van der Waals surface area contributed by atoms with Gasteiger partial charge in [0.2, 0.25) is 17.8 Å². The van der Waals surface area contributed by atoms with E-state index in [1.807, 2.05) is 49.4 Å². The fourth-order valence-electron chi connectivity index (χ4n) is 9.51. The van der Waals surface area contributed by atoms with Gasteiger partial charge in [0.05, 0.1) is 22.9 Å². The molecule has 3 aromatic carbocycles. The number of halogens is 1. The van der Waals surface area contributed by atoms with E-state index in [1.165, 1.54) is 15.8 Å². The summed E-state index contributed by atoms with van der Waals surface area (Å²) in [7, 11) is 0. The predicted octanol–water partition coefficient (Wildman–Crippen LogP) is 5.44.